The van der Waals surface area contributed by atoms with Crippen LogP contribution in [-0.4, -0.2) is 31.1 Å². The summed E-state index contributed by atoms with van der Waals surface area (Å²) in [5.41, 5.74) is 0. The summed E-state index contributed by atoms with van der Waals surface area (Å²) < 4.78 is 10.1. The second-order valence-electron chi connectivity index (χ2n) is 5.67. The van der Waals surface area contributed by atoms with Crippen molar-refractivity contribution in [2.45, 2.75) is 64.6 Å². The van der Waals surface area contributed by atoms with Gasteiger partial charge in [-0.25, -0.2) is 0 Å². The average molecular weight is 272 g/mol. The number of carbonyl (C=O) groups excluding carboxylic acids is 1. The second kappa shape index (κ2) is 9.32. The molecule has 0 amide bonds. The third-order valence-electron chi connectivity index (χ3n) is 4.01. The molecule has 0 spiro atoms. The molecule has 0 aliphatic heterocycles. The van der Waals surface area contributed by atoms with Crippen molar-refractivity contribution < 1.29 is 19.4 Å². The fraction of sp³-hybridized carbons (Fsp3) is 0.933. The van der Waals surface area contributed by atoms with Crippen LogP contribution in [0.3, 0.4) is 0 Å². The minimum atomic E-state index is -0.604. The number of methoxy groups -OCH3 is 1. The third kappa shape index (κ3) is 6.92. The summed E-state index contributed by atoms with van der Waals surface area (Å²) in [5.74, 6) is 0.949. The number of ether oxygens (including phenoxy) is 2. The number of hydrogen-bond acceptors (Lipinski definition) is 4. The van der Waals surface area contributed by atoms with Gasteiger partial charge in [-0.05, 0) is 31.6 Å². The van der Waals surface area contributed by atoms with Gasteiger partial charge in [0.15, 0.2) is 6.29 Å². The first-order valence-electron chi connectivity index (χ1n) is 7.50. The van der Waals surface area contributed by atoms with E-state index >= 15 is 0 Å². The number of hydrogen-bond donors (Lipinski definition) is 1. The zero-order valence-corrected chi connectivity index (χ0v) is 12.3. The number of rotatable bonds is 8. The molecule has 1 aliphatic carbocycles. The zero-order valence-electron chi connectivity index (χ0n) is 12.3. The summed E-state index contributed by atoms with van der Waals surface area (Å²) >= 11 is 0. The molecule has 1 aliphatic rings. The van der Waals surface area contributed by atoms with Crippen LogP contribution in [-0.2, 0) is 14.3 Å². The first-order chi connectivity index (χ1) is 9.13. The van der Waals surface area contributed by atoms with Gasteiger partial charge in [0, 0.05) is 18.9 Å². The van der Waals surface area contributed by atoms with Crippen molar-refractivity contribution in [3.63, 3.8) is 0 Å². The molecule has 19 heavy (non-hydrogen) atoms. The Hall–Kier alpha value is -0.610. The second-order valence-corrected chi connectivity index (χ2v) is 5.67. The molecular weight excluding hydrogens is 244 g/mol. The Labute approximate surface area is 116 Å². The van der Waals surface area contributed by atoms with E-state index in [4.69, 9.17) is 4.74 Å². The van der Waals surface area contributed by atoms with E-state index in [2.05, 4.69) is 11.7 Å². The number of aliphatic hydroxyl groups is 1. The summed E-state index contributed by atoms with van der Waals surface area (Å²) in [6.45, 7) is 2.85. The molecule has 112 valence electrons. The highest BCUT2D eigenvalue weighted by Crippen LogP contribution is 2.30. The highest BCUT2D eigenvalue weighted by atomic mass is 16.6. The van der Waals surface area contributed by atoms with Gasteiger partial charge in [-0.3, -0.25) is 4.79 Å². The topological polar surface area (TPSA) is 55.8 Å². The summed E-state index contributed by atoms with van der Waals surface area (Å²) in [6, 6.07) is 0. The van der Waals surface area contributed by atoms with Gasteiger partial charge < -0.3 is 14.6 Å². The molecular formula is C15H28O4. The minimum absolute atomic E-state index is 0.155. The lowest BCUT2D eigenvalue weighted by atomic mass is 9.83. The van der Waals surface area contributed by atoms with Gasteiger partial charge in [-0.1, -0.05) is 26.2 Å². The van der Waals surface area contributed by atoms with Gasteiger partial charge in [0.2, 0.25) is 0 Å². The Bertz CT molecular complexity index is 247. The number of esters is 1. The van der Waals surface area contributed by atoms with E-state index in [-0.39, 0.29) is 5.97 Å². The van der Waals surface area contributed by atoms with Gasteiger partial charge in [0.05, 0.1) is 7.11 Å². The van der Waals surface area contributed by atoms with Crippen molar-refractivity contribution in [2.75, 3.05) is 13.7 Å². The van der Waals surface area contributed by atoms with Gasteiger partial charge in [-0.2, -0.15) is 0 Å². The molecule has 0 aromatic rings. The van der Waals surface area contributed by atoms with E-state index < -0.39 is 6.29 Å². The molecule has 1 unspecified atom stereocenters. The van der Waals surface area contributed by atoms with Crippen molar-refractivity contribution in [3.05, 3.63) is 0 Å². The molecule has 0 radical (unpaired) electrons. The van der Waals surface area contributed by atoms with Crippen LogP contribution in [0.4, 0.5) is 0 Å². The van der Waals surface area contributed by atoms with E-state index in [1.807, 2.05) is 0 Å². The molecule has 4 heteroatoms. The van der Waals surface area contributed by atoms with Crippen LogP contribution < -0.4 is 0 Å². The van der Waals surface area contributed by atoms with E-state index in [9.17, 15) is 9.90 Å². The minimum Gasteiger partial charge on any atom is -0.469 e. The molecule has 0 saturated heterocycles. The maximum absolute atomic E-state index is 10.9. The Kier molecular flexibility index (Phi) is 8.07. The summed E-state index contributed by atoms with van der Waals surface area (Å²) in [4.78, 5) is 10.9. The fourth-order valence-corrected chi connectivity index (χ4v) is 2.56. The predicted octanol–water partition coefficient (Wildman–Crippen LogP) is 2.88. The SMILES string of the molecule is COC(=O)CCCCCOC(O)C1CCC(C)CC1. The van der Waals surface area contributed by atoms with Crippen molar-refractivity contribution in [2.24, 2.45) is 11.8 Å². The molecule has 0 heterocycles. The lowest BCUT2D eigenvalue weighted by molar-refractivity contribution is -0.144. The molecule has 1 N–H and O–H groups in total. The normalized spacial score (nSPS) is 25.0. The Morgan fingerprint density at radius 3 is 2.53 bits per heavy atom. The lowest BCUT2D eigenvalue weighted by Crippen LogP contribution is -2.27. The van der Waals surface area contributed by atoms with Crippen molar-refractivity contribution >= 4 is 5.97 Å². The smallest absolute Gasteiger partial charge is 0.305 e. The van der Waals surface area contributed by atoms with Crippen LogP contribution in [0.15, 0.2) is 0 Å². The third-order valence-corrected chi connectivity index (χ3v) is 4.01. The Morgan fingerprint density at radius 2 is 1.89 bits per heavy atom. The predicted molar refractivity (Wildman–Crippen MR) is 73.6 cm³/mol. The molecule has 0 aromatic heterocycles. The number of carbonyl (C=O) groups is 1. The van der Waals surface area contributed by atoms with Gasteiger partial charge >= 0.3 is 5.97 Å². The lowest BCUT2D eigenvalue weighted by Gasteiger charge is -2.29. The van der Waals surface area contributed by atoms with E-state index in [1.165, 1.54) is 20.0 Å². The summed E-state index contributed by atoms with van der Waals surface area (Å²) in [7, 11) is 1.41. The van der Waals surface area contributed by atoms with E-state index in [0.717, 1.165) is 38.0 Å². The van der Waals surface area contributed by atoms with Crippen LogP contribution >= 0.6 is 0 Å². The first kappa shape index (κ1) is 16.4. The van der Waals surface area contributed by atoms with Crippen LogP contribution in [0.2, 0.25) is 0 Å². The molecule has 0 aromatic carbocycles. The molecule has 1 saturated carbocycles. The zero-order chi connectivity index (χ0) is 14.1. The average Bonchev–Trinajstić information content (AvgIpc) is 2.42. The number of unbranched alkanes of at least 4 members (excludes halogenated alkanes) is 2. The van der Waals surface area contributed by atoms with Crippen LogP contribution in [0.5, 0.6) is 0 Å². The van der Waals surface area contributed by atoms with E-state index in [1.54, 1.807) is 0 Å². The maximum atomic E-state index is 10.9. The Balaban J connectivity index is 1.98. The molecule has 4 nitrogen and oxygen atoms in total. The van der Waals surface area contributed by atoms with Crippen molar-refractivity contribution in [1.82, 2.24) is 0 Å². The Morgan fingerprint density at radius 1 is 1.21 bits per heavy atom. The highest BCUT2D eigenvalue weighted by Gasteiger charge is 2.24. The van der Waals surface area contributed by atoms with Gasteiger partial charge in [0.1, 0.15) is 0 Å². The summed E-state index contributed by atoms with van der Waals surface area (Å²) in [5, 5.41) is 9.95. The maximum Gasteiger partial charge on any atom is 0.305 e. The highest BCUT2D eigenvalue weighted by molar-refractivity contribution is 5.68. The summed E-state index contributed by atoms with van der Waals surface area (Å²) in [6.07, 6.45) is 7.06. The van der Waals surface area contributed by atoms with Gasteiger partial charge in [0.25, 0.3) is 0 Å². The quantitative estimate of drug-likeness (QED) is 0.419. The van der Waals surface area contributed by atoms with Crippen molar-refractivity contribution in [3.8, 4) is 0 Å². The van der Waals surface area contributed by atoms with E-state index in [0.29, 0.717) is 18.9 Å². The molecule has 1 fully saturated rings. The molecule has 1 atom stereocenters. The monoisotopic (exact) mass is 272 g/mol. The number of aliphatic hydroxyl groups excluding tert-OH is 1. The van der Waals surface area contributed by atoms with Crippen molar-refractivity contribution in [1.29, 1.82) is 0 Å². The first-order valence-corrected chi connectivity index (χ1v) is 7.50. The largest absolute Gasteiger partial charge is 0.469 e. The van der Waals surface area contributed by atoms with Crippen LogP contribution in [0.1, 0.15) is 58.3 Å². The fourth-order valence-electron chi connectivity index (χ4n) is 2.56. The molecule has 0 bridgehead atoms. The standard InChI is InChI=1S/C15H28O4/c1-12-7-9-13(10-8-12)15(17)19-11-5-3-4-6-14(16)18-2/h12-13,15,17H,3-11H2,1-2H3. The van der Waals surface area contributed by atoms with Crippen LogP contribution in [0, 0.1) is 11.8 Å². The molecule has 1 rings (SSSR count). The van der Waals surface area contributed by atoms with Gasteiger partial charge in [-0.15, -0.1) is 0 Å². The van der Waals surface area contributed by atoms with Crippen LogP contribution in [0.25, 0.3) is 0 Å².